The van der Waals surface area contributed by atoms with Gasteiger partial charge >= 0.3 is 0 Å². The van der Waals surface area contributed by atoms with Crippen LogP contribution in [0.25, 0.3) is 0 Å². The Labute approximate surface area is 104 Å². The second-order valence-electron chi connectivity index (χ2n) is 5.55. The monoisotopic (exact) mass is 233 g/mol. The van der Waals surface area contributed by atoms with Crippen LogP contribution < -0.4 is 0 Å². The third-order valence-electron chi connectivity index (χ3n) is 4.20. The van der Waals surface area contributed by atoms with E-state index in [2.05, 4.69) is 31.9 Å². The number of rotatable bonds is 3. The van der Waals surface area contributed by atoms with Gasteiger partial charge in [0.2, 0.25) is 0 Å². The van der Waals surface area contributed by atoms with E-state index in [1.165, 1.54) is 18.4 Å². The summed E-state index contributed by atoms with van der Waals surface area (Å²) in [7, 11) is 2.19. The van der Waals surface area contributed by atoms with Crippen molar-refractivity contribution in [3.8, 4) is 5.75 Å². The van der Waals surface area contributed by atoms with Crippen LogP contribution in [-0.2, 0) is 5.41 Å². The summed E-state index contributed by atoms with van der Waals surface area (Å²) >= 11 is 0. The second-order valence-corrected chi connectivity index (χ2v) is 5.55. The lowest BCUT2D eigenvalue weighted by Gasteiger charge is -2.34. The van der Waals surface area contributed by atoms with E-state index in [1.54, 1.807) is 6.07 Å². The zero-order valence-electron chi connectivity index (χ0n) is 11.1. The molecule has 1 aliphatic rings. The van der Waals surface area contributed by atoms with E-state index in [1.807, 2.05) is 12.1 Å². The highest BCUT2D eigenvalue weighted by atomic mass is 16.3. The van der Waals surface area contributed by atoms with E-state index in [9.17, 15) is 5.11 Å². The Bertz CT molecular complexity index is 390. The van der Waals surface area contributed by atoms with E-state index in [4.69, 9.17) is 0 Å². The molecule has 0 amide bonds. The molecule has 17 heavy (non-hydrogen) atoms. The Balaban J connectivity index is 2.41. The van der Waals surface area contributed by atoms with Gasteiger partial charge in [-0.2, -0.15) is 0 Å². The minimum absolute atomic E-state index is 0.224. The van der Waals surface area contributed by atoms with Crippen LogP contribution >= 0.6 is 0 Å². The number of likely N-dealkylation sites (N-methyl/N-ethyl adjacent to an activating group) is 1. The first-order valence-corrected chi connectivity index (χ1v) is 6.56. The number of likely N-dealkylation sites (tertiary alicyclic amines) is 1. The molecule has 2 atom stereocenters. The van der Waals surface area contributed by atoms with Crippen molar-refractivity contribution in [2.24, 2.45) is 5.92 Å². The fourth-order valence-corrected chi connectivity index (χ4v) is 3.45. The van der Waals surface area contributed by atoms with Crippen LogP contribution in [0.5, 0.6) is 5.75 Å². The van der Waals surface area contributed by atoms with Crippen LogP contribution in [0.4, 0.5) is 0 Å². The smallest absolute Gasteiger partial charge is 0.115 e. The maximum Gasteiger partial charge on any atom is 0.115 e. The third kappa shape index (κ3) is 2.19. The molecule has 1 aromatic carbocycles. The molecule has 0 radical (unpaired) electrons. The Kier molecular flexibility index (Phi) is 3.43. The number of phenols is 1. The first-order chi connectivity index (χ1) is 8.08. The van der Waals surface area contributed by atoms with Gasteiger partial charge in [-0.1, -0.05) is 32.4 Å². The number of phenolic OH excluding ortho intramolecular Hbond substituents is 1. The highest BCUT2D eigenvalue weighted by molar-refractivity contribution is 5.35. The molecule has 0 bridgehead atoms. The van der Waals surface area contributed by atoms with Crippen molar-refractivity contribution in [2.45, 2.75) is 32.1 Å². The summed E-state index contributed by atoms with van der Waals surface area (Å²) in [6, 6.07) is 7.84. The van der Waals surface area contributed by atoms with Gasteiger partial charge in [-0.25, -0.2) is 0 Å². The van der Waals surface area contributed by atoms with Gasteiger partial charge in [0.25, 0.3) is 0 Å². The highest BCUT2D eigenvalue weighted by Gasteiger charge is 2.43. The summed E-state index contributed by atoms with van der Waals surface area (Å²) in [6.45, 7) is 6.83. The number of aromatic hydroxyl groups is 1. The van der Waals surface area contributed by atoms with Crippen LogP contribution in [0.2, 0.25) is 0 Å². The van der Waals surface area contributed by atoms with Gasteiger partial charge in [0.1, 0.15) is 5.75 Å². The molecule has 1 N–H and O–H groups in total. The first-order valence-electron chi connectivity index (χ1n) is 6.56. The van der Waals surface area contributed by atoms with Crippen LogP contribution in [0.3, 0.4) is 0 Å². The summed E-state index contributed by atoms with van der Waals surface area (Å²) in [5.74, 6) is 1.04. The van der Waals surface area contributed by atoms with Crippen molar-refractivity contribution in [2.75, 3.05) is 20.1 Å². The van der Waals surface area contributed by atoms with Gasteiger partial charge in [-0.05, 0) is 37.1 Å². The lowest BCUT2D eigenvalue weighted by atomic mass is 9.70. The molecular weight excluding hydrogens is 210 g/mol. The normalized spacial score (nSPS) is 29.7. The molecule has 2 unspecified atom stereocenters. The summed E-state index contributed by atoms with van der Waals surface area (Å²) < 4.78 is 0. The average molecular weight is 233 g/mol. The molecule has 1 aromatic rings. The fraction of sp³-hybridized carbons (Fsp3) is 0.600. The van der Waals surface area contributed by atoms with Crippen LogP contribution in [-0.4, -0.2) is 30.1 Å². The quantitative estimate of drug-likeness (QED) is 0.867. The number of benzene rings is 1. The molecule has 0 aromatic heterocycles. The third-order valence-corrected chi connectivity index (χ3v) is 4.20. The zero-order chi connectivity index (χ0) is 12.5. The summed E-state index contributed by atoms with van der Waals surface area (Å²) in [6.07, 6.45) is 2.38. The van der Waals surface area contributed by atoms with Crippen LogP contribution in [0.15, 0.2) is 24.3 Å². The van der Waals surface area contributed by atoms with Crippen LogP contribution in [0, 0.1) is 5.92 Å². The standard InChI is InChI=1S/C15H23NO/c1-4-8-15(11-16(3)10-12(15)2)13-6-5-7-14(17)9-13/h5-7,9,12,17H,4,8,10-11H2,1-3H3. The van der Waals surface area contributed by atoms with Crippen molar-refractivity contribution in [3.63, 3.8) is 0 Å². The molecule has 2 nitrogen and oxygen atoms in total. The molecule has 1 aliphatic heterocycles. The first kappa shape index (κ1) is 12.4. The van der Waals surface area contributed by atoms with E-state index in [0.29, 0.717) is 11.7 Å². The maximum absolute atomic E-state index is 9.69. The predicted octanol–water partition coefficient (Wildman–Crippen LogP) is 3.01. The number of nitrogens with zero attached hydrogens (tertiary/aromatic N) is 1. The van der Waals surface area contributed by atoms with Crippen molar-refractivity contribution in [3.05, 3.63) is 29.8 Å². The van der Waals surface area contributed by atoms with E-state index >= 15 is 0 Å². The fourth-order valence-electron chi connectivity index (χ4n) is 3.45. The Hall–Kier alpha value is -1.02. The molecule has 1 fully saturated rings. The van der Waals surface area contributed by atoms with Gasteiger partial charge in [-0.3, -0.25) is 0 Å². The molecule has 2 heteroatoms. The van der Waals surface area contributed by atoms with Crippen molar-refractivity contribution < 1.29 is 5.11 Å². The zero-order valence-corrected chi connectivity index (χ0v) is 11.1. The largest absolute Gasteiger partial charge is 0.508 e. The lowest BCUT2D eigenvalue weighted by molar-refractivity contribution is 0.321. The summed E-state index contributed by atoms with van der Waals surface area (Å²) in [5, 5.41) is 9.69. The predicted molar refractivity (Wildman–Crippen MR) is 71.4 cm³/mol. The second kappa shape index (κ2) is 4.69. The molecule has 1 saturated heterocycles. The Morgan fingerprint density at radius 3 is 2.76 bits per heavy atom. The molecule has 94 valence electrons. The van der Waals surface area contributed by atoms with Crippen LogP contribution in [0.1, 0.15) is 32.3 Å². The SMILES string of the molecule is CCCC1(c2cccc(O)c2)CN(C)CC1C. The highest BCUT2D eigenvalue weighted by Crippen LogP contribution is 2.43. The number of hydrogen-bond donors (Lipinski definition) is 1. The molecule has 0 spiro atoms. The summed E-state index contributed by atoms with van der Waals surface area (Å²) in [4.78, 5) is 2.41. The van der Waals surface area contributed by atoms with Gasteiger partial charge in [0.15, 0.2) is 0 Å². The van der Waals surface area contributed by atoms with Crippen molar-refractivity contribution in [1.82, 2.24) is 4.90 Å². The van der Waals surface area contributed by atoms with E-state index in [-0.39, 0.29) is 5.41 Å². The average Bonchev–Trinajstić information content (AvgIpc) is 2.55. The van der Waals surface area contributed by atoms with Crippen molar-refractivity contribution >= 4 is 0 Å². The maximum atomic E-state index is 9.69. The van der Waals surface area contributed by atoms with Gasteiger partial charge < -0.3 is 10.0 Å². The summed E-state index contributed by atoms with van der Waals surface area (Å²) in [5.41, 5.74) is 1.53. The molecule has 0 aliphatic carbocycles. The van der Waals surface area contributed by atoms with Gasteiger partial charge in [-0.15, -0.1) is 0 Å². The van der Waals surface area contributed by atoms with Crippen molar-refractivity contribution in [1.29, 1.82) is 0 Å². The lowest BCUT2D eigenvalue weighted by Crippen LogP contribution is -2.34. The minimum Gasteiger partial charge on any atom is -0.508 e. The molecular formula is C15H23NO. The minimum atomic E-state index is 0.224. The Morgan fingerprint density at radius 2 is 2.24 bits per heavy atom. The molecule has 0 saturated carbocycles. The topological polar surface area (TPSA) is 23.5 Å². The van der Waals surface area contributed by atoms with E-state index in [0.717, 1.165) is 13.1 Å². The molecule has 1 heterocycles. The van der Waals surface area contributed by atoms with Gasteiger partial charge in [0, 0.05) is 18.5 Å². The Morgan fingerprint density at radius 1 is 1.47 bits per heavy atom. The van der Waals surface area contributed by atoms with E-state index < -0.39 is 0 Å². The molecule has 2 rings (SSSR count). The number of hydrogen-bond acceptors (Lipinski definition) is 2. The van der Waals surface area contributed by atoms with Gasteiger partial charge in [0.05, 0.1) is 0 Å².